The maximum Gasteiger partial charge on any atom is 0.307 e. The van der Waals surface area contributed by atoms with E-state index in [-0.39, 0.29) is 18.3 Å². The van der Waals surface area contributed by atoms with Crippen molar-refractivity contribution in [1.82, 2.24) is 4.90 Å². The molecule has 1 heterocycles. The molecule has 0 unspecified atom stereocenters. The van der Waals surface area contributed by atoms with E-state index in [1.807, 2.05) is 12.1 Å². The van der Waals surface area contributed by atoms with Crippen molar-refractivity contribution in [3.05, 3.63) is 24.2 Å². The molecule has 5 heteroatoms. The molecular formula is C19H29NO4. The Kier molecular flexibility index (Phi) is 7.86. The van der Waals surface area contributed by atoms with Gasteiger partial charge in [0.25, 0.3) is 0 Å². The second-order valence-corrected chi connectivity index (χ2v) is 6.49. The predicted molar refractivity (Wildman–Crippen MR) is 91.2 cm³/mol. The summed E-state index contributed by atoms with van der Waals surface area (Å²) in [5, 5.41) is 0. The van der Waals surface area contributed by atoms with Crippen LogP contribution in [-0.2, 0) is 20.9 Å². The molecule has 0 aliphatic heterocycles. The SMILES string of the molecule is CCOC(=O)CCN(Cc1ccco1)C(=O)CCC1CCCCC1. The maximum absolute atomic E-state index is 12.6. The van der Waals surface area contributed by atoms with E-state index < -0.39 is 0 Å². The third kappa shape index (κ3) is 6.38. The lowest BCUT2D eigenvalue weighted by Gasteiger charge is -2.24. The Morgan fingerprint density at radius 2 is 2.04 bits per heavy atom. The third-order valence-electron chi connectivity index (χ3n) is 4.66. The summed E-state index contributed by atoms with van der Waals surface area (Å²) < 4.78 is 10.3. The van der Waals surface area contributed by atoms with Gasteiger partial charge in [-0.1, -0.05) is 32.1 Å². The van der Waals surface area contributed by atoms with Crippen LogP contribution in [0.4, 0.5) is 0 Å². The van der Waals surface area contributed by atoms with Gasteiger partial charge in [0.15, 0.2) is 0 Å². The molecule has 1 aliphatic rings. The summed E-state index contributed by atoms with van der Waals surface area (Å²) in [7, 11) is 0. The number of hydrogen-bond donors (Lipinski definition) is 0. The fourth-order valence-corrected chi connectivity index (χ4v) is 3.30. The summed E-state index contributed by atoms with van der Waals surface area (Å²) >= 11 is 0. The normalized spacial score (nSPS) is 15.2. The van der Waals surface area contributed by atoms with Crippen LogP contribution in [0, 0.1) is 5.92 Å². The van der Waals surface area contributed by atoms with E-state index in [9.17, 15) is 9.59 Å². The molecule has 1 aromatic heterocycles. The standard InChI is InChI=1S/C19H29NO4/c1-2-23-19(22)12-13-20(15-17-9-6-14-24-17)18(21)11-10-16-7-4-3-5-8-16/h6,9,14,16H,2-5,7-8,10-13,15H2,1H3. The van der Waals surface area contributed by atoms with Crippen LogP contribution in [0.3, 0.4) is 0 Å². The summed E-state index contributed by atoms with van der Waals surface area (Å²) in [6.45, 7) is 2.94. The highest BCUT2D eigenvalue weighted by molar-refractivity contribution is 5.77. The smallest absolute Gasteiger partial charge is 0.307 e. The van der Waals surface area contributed by atoms with Gasteiger partial charge >= 0.3 is 5.97 Å². The highest BCUT2D eigenvalue weighted by atomic mass is 16.5. The molecule has 0 radical (unpaired) electrons. The van der Waals surface area contributed by atoms with Crippen LogP contribution in [0.1, 0.15) is 64.1 Å². The highest BCUT2D eigenvalue weighted by Gasteiger charge is 2.20. The number of carbonyl (C=O) groups excluding carboxylic acids is 2. The Morgan fingerprint density at radius 1 is 1.25 bits per heavy atom. The number of amides is 1. The van der Waals surface area contributed by atoms with Gasteiger partial charge in [-0.15, -0.1) is 0 Å². The fourth-order valence-electron chi connectivity index (χ4n) is 3.30. The van der Waals surface area contributed by atoms with E-state index in [2.05, 4.69) is 0 Å². The molecule has 2 rings (SSSR count). The van der Waals surface area contributed by atoms with Gasteiger partial charge in [0, 0.05) is 13.0 Å². The van der Waals surface area contributed by atoms with E-state index >= 15 is 0 Å². The summed E-state index contributed by atoms with van der Waals surface area (Å²) in [4.78, 5) is 25.9. The average Bonchev–Trinajstić information content (AvgIpc) is 3.11. The summed E-state index contributed by atoms with van der Waals surface area (Å²) in [5.74, 6) is 1.26. The second kappa shape index (κ2) is 10.2. The van der Waals surface area contributed by atoms with E-state index in [4.69, 9.17) is 9.15 Å². The molecule has 134 valence electrons. The minimum absolute atomic E-state index is 0.0984. The lowest BCUT2D eigenvalue weighted by molar-refractivity contribution is -0.144. The number of nitrogens with zero attached hydrogens (tertiary/aromatic N) is 1. The molecule has 0 saturated heterocycles. The zero-order chi connectivity index (χ0) is 17.2. The van der Waals surface area contributed by atoms with Gasteiger partial charge in [-0.3, -0.25) is 9.59 Å². The highest BCUT2D eigenvalue weighted by Crippen LogP contribution is 2.27. The van der Waals surface area contributed by atoms with Gasteiger partial charge in [-0.2, -0.15) is 0 Å². The largest absolute Gasteiger partial charge is 0.467 e. The first-order valence-corrected chi connectivity index (χ1v) is 9.14. The van der Waals surface area contributed by atoms with E-state index in [1.165, 1.54) is 32.1 Å². The van der Waals surface area contributed by atoms with Crippen molar-refractivity contribution in [3.63, 3.8) is 0 Å². The number of rotatable bonds is 9. The maximum atomic E-state index is 12.6. The first kappa shape index (κ1) is 18.6. The van der Waals surface area contributed by atoms with Gasteiger partial charge in [-0.25, -0.2) is 0 Å². The van der Waals surface area contributed by atoms with Crippen LogP contribution in [0.15, 0.2) is 22.8 Å². The monoisotopic (exact) mass is 335 g/mol. The lowest BCUT2D eigenvalue weighted by atomic mass is 9.86. The zero-order valence-electron chi connectivity index (χ0n) is 14.7. The van der Waals surface area contributed by atoms with Gasteiger partial charge < -0.3 is 14.1 Å². The molecule has 5 nitrogen and oxygen atoms in total. The van der Waals surface area contributed by atoms with E-state index in [0.717, 1.165) is 12.2 Å². The summed E-state index contributed by atoms with van der Waals surface area (Å²) in [5.41, 5.74) is 0. The molecule has 1 fully saturated rings. The predicted octanol–water partition coefficient (Wildman–Crippen LogP) is 3.92. The van der Waals surface area contributed by atoms with Gasteiger partial charge in [0.1, 0.15) is 5.76 Å². The second-order valence-electron chi connectivity index (χ2n) is 6.49. The first-order chi connectivity index (χ1) is 11.7. The third-order valence-corrected chi connectivity index (χ3v) is 4.66. The summed E-state index contributed by atoms with van der Waals surface area (Å²) in [6, 6.07) is 3.66. The molecule has 0 aromatic carbocycles. The van der Waals surface area contributed by atoms with Gasteiger partial charge in [0.05, 0.1) is 25.8 Å². The molecule has 0 bridgehead atoms. The number of furan rings is 1. The van der Waals surface area contributed by atoms with Crippen molar-refractivity contribution >= 4 is 11.9 Å². The van der Waals surface area contributed by atoms with Crippen molar-refractivity contribution in [2.75, 3.05) is 13.2 Å². The van der Waals surface area contributed by atoms with Crippen molar-refractivity contribution < 1.29 is 18.7 Å². The molecule has 0 atom stereocenters. The molecule has 24 heavy (non-hydrogen) atoms. The van der Waals surface area contributed by atoms with Crippen molar-refractivity contribution in [3.8, 4) is 0 Å². The average molecular weight is 335 g/mol. The van der Waals surface area contributed by atoms with Crippen molar-refractivity contribution in [1.29, 1.82) is 0 Å². The zero-order valence-corrected chi connectivity index (χ0v) is 14.7. The van der Waals surface area contributed by atoms with Crippen LogP contribution >= 0.6 is 0 Å². The lowest BCUT2D eigenvalue weighted by Crippen LogP contribution is -2.33. The molecule has 0 spiro atoms. The quantitative estimate of drug-likeness (QED) is 0.642. The Bertz CT molecular complexity index is 491. The van der Waals surface area contributed by atoms with E-state index in [1.54, 1.807) is 18.1 Å². The summed E-state index contributed by atoms with van der Waals surface area (Å²) in [6.07, 6.45) is 9.73. The van der Waals surface area contributed by atoms with Crippen LogP contribution in [0.2, 0.25) is 0 Å². The molecule has 0 N–H and O–H groups in total. The fraction of sp³-hybridized carbons (Fsp3) is 0.684. The van der Waals surface area contributed by atoms with Gasteiger partial charge in [0.2, 0.25) is 5.91 Å². The Morgan fingerprint density at radius 3 is 2.71 bits per heavy atom. The molecule has 1 amide bonds. The van der Waals surface area contributed by atoms with Gasteiger partial charge in [-0.05, 0) is 31.4 Å². The van der Waals surface area contributed by atoms with Crippen LogP contribution in [0.25, 0.3) is 0 Å². The molecular weight excluding hydrogens is 306 g/mol. The van der Waals surface area contributed by atoms with E-state index in [0.29, 0.717) is 32.0 Å². The van der Waals surface area contributed by atoms with Crippen LogP contribution in [-0.4, -0.2) is 29.9 Å². The molecule has 1 aliphatic carbocycles. The minimum atomic E-state index is -0.262. The number of esters is 1. The Hall–Kier alpha value is -1.78. The van der Waals surface area contributed by atoms with Crippen molar-refractivity contribution in [2.24, 2.45) is 5.92 Å². The Balaban J connectivity index is 1.85. The number of ether oxygens (including phenoxy) is 1. The van der Waals surface area contributed by atoms with Crippen LogP contribution < -0.4 is 0 Å². The number of hydrogen-bond acceptors (Lipinski definition) is 4. The van der Waals surface area contributed by atoms with Crippen LogP contribution in [0.5, 0.6) is 0 Å². The first-order valence-electron chi connectivity index (χ1n) is 9.14. The molecule has 1 aromatic rings. The topological polar surface area (TPSA) is 59.8 Å². The molecule has 1 saturated carbocycles. The minimum Gasteiger partial charge on any atom is -0.467 e. The number of carbonyl (C=O) groups is 2. The Labute approximate surface area is 144 Å². The van der Waals surface area contributed by atoms with Crippen molar-refractivity contribution in [2.45, 2.75) is 64.8 Å².